The summed E-state index contributed by atoms with van der Waals surface area (Å²) in [5, 5.41) is 3.49. The van der Waals surface area contributed by atoms with Crippen molar-refractivity contribution in [2.45, 2.75) is 59.5 Å². The maximum Gasteiger partial charge on any atom is 0.129 e. The number of halogens is 1. The molecule has 0 aliphatic carbocycles. The van der Waals surface area contributed by atoms with Crippen molar-refractivity contribution in [1.82, 2.24) is 5.32 Å². The van der Waals surface area contributed by atoms with E-state index in [2.05, 4.69) is 19.2 Å². The SMILES string of the molecule is CCCCC(C)NCc1cc(C)c(F)c(C)c1. The molecule has 0 aliphatic heterocycles. The van der Waals surface area contributed by atoms with Gasteiger partial charge in [0, 0.05) is 12.6 Å². The lowest BCUT2D eigenvalue weighted by Gasteiger charge is -2.14. The van der Waals surface area contributed by atoms with Crippen LogP contribution in [0, 0.1) is 19.7 Å². The third kappa shape index (κ3) is 4.47. The van der Waals surface area contributed by atoms with E-state index in [0.29, 0.717) is 6.04 Å². The predicted molar refractivity (Wildman–Crippen MR) is 71.7 cm³/mol. The van der Waals surface area contributed by atoms with E-state index in [1.54, 1.807) is 0 Å². The van der Waals surface area contributed by atoms with Gasteiger partial charge in [-0.05, 0) is 43.9 Å². The molecule has 0 fully saturated rings. The fourth-order valence-corrected chi connectivity index (χ4v) is 2.04. The van der Waals surface area contributed by atoms with Crippen LogP contribution in [0.15, 0.2) is 12.1 Å². The minimum Gasteiger partial charge on any atom is -0.310 e. The Morgan fingerprint density at radius 2 is 1.82 bits per heavy atom. The second-order valence-corrected chi connectivity index (χ2v) is 4.97. The van der Waals surface area contributed by atoms with Crippen molar-refractivity contribution in [2.24, 2.45) is 0 Å². The van der Waals surface area contributed by atoms with Crippen LogP contribution in [-0.2, 0) is 6.54 Å². The Balaban J connectivity index is 2.52. The Labute approximate surface area is 104 Å². The minimum atomic E-state index is -0.0761. The van der Waals surface area contributed by atoms with Crippen molar-refractivity contribution >= 4 is 0 Å². The zero-order valence-electron chi connectivity index (χ0n) is 11.4. The van der Waals surface area contributed by atoms with Gasteiger partial charge in [-0.1, -0.05) is 31.9 Å². The molecule has 0 aromatic heterocycles. The van der Waals surface area contributed by atoms with E-state index in [1.165, 1.54) is 24.8 Å². The largest absolute Gasteiger partial charge is 0.310 e. The lowest BCUT2D eigenvalue weighted by molar-refractivity contribution is 0.494. The van der Waals surface area contributed by atoms with Gasteiger partial charge in [0.1, 0.15) is 5.82 Å². The molecule has 0 bridgehead atoms. The van der Waals surface area contributed by atoms with Crippen LogP contribution in [0.25, 0.3) is 0 Å². The molecule has 2 heteroatoms. The number of nitrogens with one attached hydrogen (secondary N) is 1. The summed E-state index contributed by atoms with van der Waals surface area (Å²) >= 11 is 0. The van der Waals surface area contributed by atoms with Gasteiger partial charge >= 0.3 is 0 Å². The first-order valence-corrected chi connectivity index (χ1v) is 6.53. The van der Waals surface area contributed by atoms with Gasteiger partial charge < -0.3 is 5.32 Å². The van der Waals surface area contributed by atoms with E-state index in [4.69, 9.17) is 0 Å². The summed E-state index contributed by atoms with van der Waals surface area (Å²) < 4.78 is 13.5. The average molecular weight is 237 g/mol. The van der Waals surface area contributed by atoms with Crippen LogP contribution >= 0.6 is 0 Å². The fourth-order valence-electron chi connectivity index (χ4n) is 2.04. The summed E-state index contributed by atoms with van der Waals surface area (Å²) in [6, 6.07) is 4.39. The van der Waals surface area contributed by atoms with Crippen molar-refractivity contribution in [2.75, 3.05) is 0 Å². The second-order valence-electron chi connectivity index (χ2n) is 4.97. The summed E-state index contributed by atoms with van der Waals surface area (Å²) in [6.45, 7) is 8.89. The van der Waals surface area contributed by atoms with Crippen molar-refractivity contribution < 1.29 is 4.39 Å². The first kappa shape index (κ1) is 14.2. The molecule has 0 spiro atoms. The summed E-state index contributed by atoms with van der Waals surface area (Å²) in [6.07, 6.45) is 3.70. The molecule has 1 nitrogen and oxygen atoms in total. The lowest BCUT2D eigenvalue weighted by Crippen LogP contribution is -2.25. The normalized spacial score (nSPS) is 12.8. The summed E-state index contributed by atoms with van der Waals surface area (Å²) in [5.41, 5.74) is 2.65. The van der Waals surface area contributed by atoms with Gasteiger partial charge in [-0.3, -0.25) is 0 Å². The van der Waals surface area contributed by atoms with Crippen LogP contribution < -0.4 is 5.32 Å². The lowest BCUT2D eigenvalue weighted by atomic mass is 10.1. The summed E-state index contributed by atoms with van der Waals surface area (Å²) in [5.74, 6) is -0.0761. The Morgan fingerprint density at radius 3 is 2.35 bits per heavy atom. The first-order chi connectivity index (χ1) is 8.04. The molecule has 0 radical (unpaired) electrons. The van der Waals surface area contributed by atoms with Crippen LogP contribution in [0.1, 0.15) is 49.8 Å². The molecule has 1 aromatic rings. The quantitative estimate of drug-likeness (QED) is 0.785. The molecule has 0 heterocycles. The number of aryl methyl sites for hydroxylation is 2. The molecule has 1 rings (SSSR count). The van der Waals surface area contributed by atoms with Crippen LogP contribution in [-0.4, -0.2) is 6.04 Å². The van der Waals surface area contributed by atoms with Gasteiger partial charge in [0.15, 0.2) is 0 Å². The Bertz CT molecular complexity index is 337. The molecule has 0 amide bonds. The molecule has 1 aromatic carbocycles. The average Bonchev–Trinajstić information content (AvgIpc) is 2.30. The topological polar surface area (TPSA) is 12.0 Å². The maximum atomic E-state index is 13.5. The Kier molecular flexibility index (Phi) is 5.63. The zero-order chi connectivity index (χ0) is 12.8. The van der Waals surface area contributed by atoms with E-state index in [-0.39, 0.29) is 5.82 Å². The van der Waals surface area contributed by atoms with Gasteiger partial charge in [-0.15, -0.1) is 0 Å². The molecular formula is C15H24FN. The maximum absolute atomic E-state index is 13.5. The number of benzene rings is 1. The van der Waals surface area contributed by atoms with Crippen LogP contribution in [0.2, 0.25) is 0 Å². The van der Waals surface area contributed by atoms with Gasteiger partial charge in [-0.25, -0.2) is 4.39 Å². The van der Waals surface area contributed by atoms with Crippen LogP contribution in [0.5, 0.6) is 0 Å². The monoisotopic (exact) mass is 237 g/mol. The Morgan fingerprint density at radius 1 is 1.24 bits per heavy atom. The molecule has 0 aliphatic rings. The van der Waals surface area contributed by atoms with E-state index in [9.17, 15) is 4.39 Å². The summed E-state index contributed by atoms with van der Waals surface area (Å²) in [7, 11) is 0. The van der Waals surface area contributed by atoms with Crippen molar-refractivity contribution in [1.29, 1.82) is 0 Å². The second kappa shape index (κ2) is 6.75. The molecule has 0 saturated carbocycles. The van der Waals surface area contributed by atoms with Crippen LogP contribution in [0.4, 0.5) is 4.39 Å². The van der Waals surface area contributed by atoms with Crippen molar-refractivity contribution in [3.8, 4) is 0 Å². The highest BCUT2D eigenvalue weighted by Gasteiger charge is 2.05. The van der Waals surface area contributed by atoms with Gasteiger partial charge in [0.05, 0.1) is 0 Å². The minimum absolute atomic E-state index is 0.0761. The van der Waals surface area contributed by atoms with E-state index in [0.717, 1.165) is 17.7 Å². The van der Waals surface area contributed by atoms with Crippen molar-refractivity contribution in [3.05, 3.63) is 34.6 Å². The number of rotatable bonds is 6. The zero-order valence-corrected chi connectivity index (χ0v) is 11.4. The van der Waals surface area contributed by atoms with E-state index >= 15 is 0 Å². The predicted octanol–water partition coefficient (Wildman–Crippen LogP) is 4.11. The van der Waals surface area contributed by atoms with Gasteiger partial charge in [-0.2, -0.15) is 0 Å². The highest BCUT2D eigenvalue weighted by molar-refractivity contribution is 5.30. The number of hydrogen-bond donors (Lipinski definition) is 1. The number of hydrogen-bond acceptors (Lipinski definition) is 1. The van der Waals surface area contributed by atoms with Gasteiger partial charge in [0.25, 0.3) is 0 Å². The van der Waals surface area contributed by atoms with Crippen LogP contribution in [0.3, 0.4) is 0 Å². The third-order valence-corrected chi connectivity index (χ3v) is 3.14. The van der Waals surface area contributed by atoms with Crippen molar-refractivity contribution in [3.63, 3.8) is 0 Å². The molecule has 96 valence electrons. The summed E-state index contributed by atoms with van der Waals surface area (Å²) in [4.78, 5) is 0. The molecule has 1 N–H and O–H groups in total. The molecular weight excluding hydrogens is 213 g/mol. The standard InChI is InChI=1S/C15H24FN/c1-5-6-7-13(4)17-10-14-8-11(2)15(16)12(3)9-14/h8-9,13,17H,5-7,10H2,1-4H3. The third-order valence-electron chi connectivity index (χ3n) is 3.14. The Hall–Kier alpha value is -0.890. The van der Waals surface area contributed by atoms with E-state index < -0.39 is 0 Å². The molecule has 1 unspecified atom stereocenters. The highest BCUT2D eigenvalue weighted by atomic mass is 19.1. The highest BCUT2D eigenvalue weighted by Crippen LogP contribution is 2.14. The van der Waals surface area contributed by atoms with Gasteiger partial charge in [0.2, 0.25) is 0 Å². The first-order valence-electron chi connectivity index (χ1n) is 6.53. The smallest absolute Gasteiger partial charge is 0.129 e. The fraction of sp³-hybridized carbons (Fsp3) is 0.600. The molecule has 17 heavy (non-hydrogen) atoms. The molecule has 0 saturated heterocycles. The molecule has 1 atom stereocenters. The van der Waals surface area contributed by atoms with E-state index in [1.807, 2.05) is 26.0 Å². The number of unbranched alkanes of at least 4 members (excludes halogenated alkanes) is 1.